The molecule has 6 heteroatoms. The van der Waals surface area contributed by atoms with Crippen LogP contribution in [0, 0.1) is 10.4 Å². The minimum Gasteiger partial charge on any atom is -0.783 e. The summed E-state index contributed by atoms with van der Waals surface area (Å²) in [6.45, 7) is 0. The van der Waals surface area contributed by atoms with Crippen LogP contribution in [0.1, 0.15) is 25.7 Å². The molecule has 2 rings (SSSR count). The van der Waals surface area contributed by atoms with Crippen molar-refractivity contribution in [2.24, 2.45) is 5.73 Å². The fourth-order valence-corrected chi connectivity index (χ4v) is 2.15. The minimum absolute atomic E-state index is 0.217. The summed E-state index contributed by atoms with van der Waals surface area (Å²) in [5.74, 6) is 0. The van der Waals surface area contributed by atoms with Gasteiger partial charge in [-0.15, -0.1) is 0 Å². The highest BCUT2D eigenvalue weighted by Gasteiger charge is 2.33. The van der Waals surface area contributed by atoms with Crippen LogP contribution < -0.4 is 11.2 Å². The summed E-state index contributed by atoms with van der Waals surface area (Å²) >= 11 is 0. The largest absolute Gasteiger partial charge is 0.783 e. The fraction of sp³-hybridized carbons (Fsp3) is 1.00. The molecule has 1 heterocycles. The highest BCUT2D eigenvalue weighted by atomic mass is 16.6. The van der Waals surface area contributed by atoms with Crippen molar-refractivity contribution in [1.29, 1.82) is 0 Å². The van der Waals surface area contributed by atoms with Gasteiger partial charge in [-0.25, -0.2) is 5.43 Å². The van der Waals surface area contributed by atoms with Gasteiger partial charge in [-0.1, -0.05) is 12.8 Å². The number of nitrogens with one attached hydrogen (secondary N) is 1. The first-order chi connectivity index (χ1) is 6.20. The molecule has 76 valence electrons. The van der Waals surface area contributed by atoms with Crippen LogP contribution in [0.25, 0.3) is 0 Å². The third kappa shape index (κ3) is 1.56. The van der Waals surface area contributed by atoms with E-state index in [-0.39, 0.29) is 12.1 Å². The van der Waals surface area contributed by atoms with E-state index in [1.165, 1.54) is 0 Å². The zero-order chi connectivity index (χ0) is 9.42. The van der Waals surface area contributed by atoms with E-state index in [0.717, 1.165) is 35.9 Å². The molecule has 0 spiro atoms. The monoisotopic (exact) mass is 186 g/mol. The number of fused-ring (bicyclic) bond motifs is 1. The molecule has 1 aliphatic carbocycles. The standard InChI is InChI=1S/C7H14N4O2/c8-7-9-11(13)6-4-2-1-3-5(6)10(7)12/h5-7,9H,1-4,8H2/q-2. The molecule has 1 aliphatic heterocycles. The number of rotatable bonds is 0. The molecule has 0 aromatic carbocycles. The third-order valence-corrected chi connectivity index (χ3v) is 2.86. The van der Waals surface area contributed by atoms with Gasteiger partial charge < -0.3 is 26.4 Å². The van der Waals surface area contributed by atoms with Crippen molar-refractivity contribution in [2.75, 3.05) is 0 Å². The normalized spacial score (nSPS) is 43.2. The Morgan fingerprint density at radius 2 is 1.77 bits per heavy atom. The molecule has 0 radical (unpaired) electrons. The van der Waals surface area contributed by atoms with Gasteiger partial charge in [0, 0.05) is 12.1 Å². The summed E-state index contributed by atoms with van der Waals surface area (Å²) in [4.78, 5) is 0. The lowest BCUT2D eigenvalue weighted by atomic mass is 9.90. The molecule has 0 amide bonds. The Balaban J connectivity index is 2.10. The van der Waals surface area contributed by atoms with Crippen molar-refractivity contribution in [3.63, 3.8) is 0 Å². The van der Waals surface area contributed by atoms with E-state index in [9.17, 15) is 10.4 Å². The smallest absolute Gasteiger partial charge is 0.112 e. The van der Waals surface area contributed by atoms with Crippen molar-refractivity contribution in [1.82, 2.24) is 15.7 Å². The second-order valence-electron chi connectivity index (χ2n) is 3.68. The summed E-state index contributed by atoms with van der Waals surface area (Å²) in [6, 6.07) is -0.437. The molecule has 13 heavy (non-hydrogen) atoms. The summed E-state index contributed by atoms with van der Waals surface area (Å²) in [5, 5.41) is 24.4. The average Bonchev–Trinajstić information content (AvgIpc) is 2.15. The van der Waals surface area contributed by atoms with Crippen molar-refractivity contribution in [2.45, 2.75) is 44.1 Å². The second kappa shape index (κ2) is 3.49. The van der Waals surface area contributed by atoms with Gasteiger partial charge in [0.2, 0.25) is 0 Å². The first-order valence-electron chi connectivity index (χ1n) is 4.64. The first kappa shape index (κ1) is 9.32. The van der Waals surface area contributed by atoms with Crippen LogP contribution in [0.4, 0.5) is 0 Å². The maximum absolute atomic E-state index is 11.5. The summed E-state index contributed by atoms with van der Waals surface area (Å²) < 4.78 is 0. The van der Waals surface area contributed by atoms with Gasteiger partial charge in [0.25, 0.3) is 0 Å². The quantitative estimate of drug-likeness (QED) is 0.537. The fourth-order valence-electron chi connectivity index (χ4n) is 2.15. The molecule has 2 aliphatic rings. The predicted octanol–water partition coefficient (Wildman–Crippen LogP) is -0.342. The lowest BCUT2D eigenvalue weighted by Crippen LogP contribution is -2.69. The van der Waals surface area contributed by atoms with E-state index in [1.54, 1.807) is 0 Å². The lowest BCUT2D eigenvalue weighted by Gasteiger charge is -2.58. The minimum atomic E-state index is -0.878. The molecule has 2 fully saturated rings. The molecule has 0 aromatic rings. The highest BCUT2D eigenvalue weighted by molar-refractivity contribution is 4.94. The number of hydrogen-bond donors (Lipinski definition) is 2. The zero-order valence-electron chi connectivity index (χ0n) is 7.35. The number of nitrogens with two attached hydrogens (primary N) is 1. The van der Waals surface area contributed by atoms with Gasteiger partial charge in [0.05, 0.1) is 0 Å². The first-order valence-corrected chi connectivity index (χ1v) is 4.64. The van der Waals surface area contributed by atoms with E-state index in [2.05, 4.69) is 5.43 Å². The van der Waals surface area contributed by atoms with E-state index in [0.29, 0.717) is 0 Å². The van der Waals surface area contributed by atoms with E-state index >= 15 is 0 Å². The Kier molecular flexibility index (Phi) is 2.50. The molecule has 0 bridgehead atoms. The number of hydrogen-bond acceptors (Lipinski definition) is 6. The number of hydrazine groups is 1. The van der Waals surface area contributed by atoms with Crippen LogP contribution >= 0.6 is 0 Å². The predicted molar refractivity (Wildman–Crippen MR) is 47.6 cm³/mol. The highest BCUT2D eigenvalue weighted by Crippen LogP contribution is 2.28. The van der Waals surface area contributed by atoms with Gasteiger partial charge in [-0.05, 0) is 12.8 Å². The molecule has 6 nitrogen and oxygen atoms in total. The molecule has 3 unspecified atom stereocenters. The average molecular weight is 186 g/mol. The van der Waals surface area contributed by atoms with Crippen molar-refractivity contribution < 1.29 is 0 Å². The molecular weight excluding hydrogens is 172 g/mol. The van der Waals surface area contributed by atoms with Crippen LogP contribution in [-0.2, 0) is 0 Å². The van der Waals surface area contributed by atoms with Crippen LogP contribution in [0.3, 0.4) is 0 Å². The van der Waals surface area contributed by atoms with Crippen LogP contribution in [0.5, 0.6) is 0 Å². The molecule has 1 saturated heterocycles. The van der Waals surface area contributed by atoms with E-state index in [1.807, 2.05) is 0 Å². The molecule has 3 atom stereocenters. The van der Waals surface area contributed by atoms with Gasteiger partial charge in [0.15, 0.2) is 0 Å². The van der Waals surface area contributed by atoms with Gasteiger partial charge in [-0.3, -0.25) is 0 Å². The van der Waals surface area contributed by atoms with Crippen molar-refractivity contribution >= 4 is 0 Å². The van der Waals surface area contributed by atoms with Gasteiger partial charge in [0.1, 0.15) is 6.29 Å². The maximum atomic E-state index is 11.5. The SMILES string of the molecule is NC1NN([O-])C2CCCCC2N1[O-]. The van der Waals surface area contributed by atoms with Gasteiger partial charge >= 0.3 is 0 Å². The Morgan fingerprint density at radius 3 is 2.46 bits per heavy atom. The summed E-state index contributed by atoms with van der Waals surface area (Å²) in [6.07, 6.45) is 2.72. The van der Waals surface area contributed by atoms with Crippen LogP contribution in [0.2, 0.25) is 0 Å². The Labute approximate surface area is 76.8 Å². The van der Waals surface area contributed by atoms with Crippen molar-refractivity contribution in [3.05, 3.63) is 10.4 Å². The summed E-state index contributed by atoms with van der Waals surface area (Å²) in [5.41, 5.74) is 7.83. The lowest BCUT2D eigenvalue weighted by molar-refractivity contribution is -0.0402. The maximum Gasteiger partial charge on any atom is 0.112 e. The third-order valence-electron chi connectivity index (χ3n) is 2.86. The van der Waals surface area contributed by atoms with Gasteiger partial charge in [-0.2, -0.15) is 0 Å². The van der Waals surface area contributed by atoms with Crippen LogP contribution in [0.15, 0.2) is 0 Å². The molecular formula is C7H14N4O2-2. The molecule has 1 saturated carbocycles. The second-order valence-corrected chi connectivity index (χ2v) is 3.68. The zero-order valence-corrected chi connectivity index (χ0v) is 7.35. The molecule has 3 N–H and O–H groups in total. The van der Waals surface area contributed by atoms with E-state index in [4.69, 9.17) is 5.73 Å². The summed E-state index contributed by atoms with van der Waals surface area (Å²) in [7, 11) is 0. The van der Waals surface area contributed by atoms with E-state index < -0.39 is 6.29 Å². The molecule has 0 aromatic heterocycles. The van der Waals surface area contributed by atoms with Crippen molar-refractivity contribution in [3.8, 4) is 0 Å². The Morgan fingerprint density at radius 1 is 1.15 bits per heavy atom. The Hall–Kier alpha value is -0.240. The van der Waals surface area contributed by atoms with Crippen LogP contribution in [-0.4, -0.2) is 28.6 Å². The topological polar surface area (TPSA) is 90.6 Å². The number of nitrogens with zero attached hydrogens (tertiary/aromatic N) is 2. The Bertz CT molecular complexity index is 191. The number of hydroxylamine groups is 3.